The Morgan fingerprint density at radius 2 is 1.66 bits per heavy atom. The molecule has 0 spiro atoms. The Bertz CT molecular complexity index is 1110. The number of hydrogen-bond acceptors (Lipinski definition) is 4. The van der Waals surface area contributed by atoms with Gasteiger partial charge in [0, 0.05) is 5.56 Å². The average Bonchev–Trinajstić information content (AvgIpc) is 2.76. The standard InChI is InChI=1S/C22H22N2O4S/c1-2-8-20(16-25)24(22(26)18-10-4-3-5-11-18)23-29(27,28)21-14-13-17-9-6-7-12-19(17)15-21/h3-7,9-16,20,23H,2,8H2,1H3. The summed E-state index contributed by atoms with van der Waals surface area (Å²) in [7, 11) is -4.08. The molecule has 0 aliphatic rings. The zero-order chi connectivity index (χ0) is 20.9. The number of hydrazine groups is 1. The Labute approximate surface area is 170 Å². The Morgan fingerprint density at radius 3 is 2.31 bits per heavy atom. The maximum absolute atomic E-state index is 13.0. The minimum Gasteiger partial charge on any atom is -0.301 e. The van der Waals surface area contributed by atoms with E-state index in [2.05, 4.69) is 4.83 Å². The Hall–Kier alpha value is -3.03. The molecule has 150 valence electrons. The molecule has 6 nitrogen and oxygen atoms in total. The molecule has 0 aromatic heterocycles. The summed E-state index contributed by atoms with van der Waals surface area (Å²) in [5.41, 5.74) is 0.289. The van der Waals surface area contributed by atoms with Gasteiger partial charge in [0.15, 0.2) is 0 Å². The molecular weight excluding hydrogens is 388 g/mol. The van der Waals surface area contributed by atoms with E-state index < -0.39 is 22.0 Å². The summed E-state index contributed by atoms with van der Waals surface area (Å²) in [6, 6.07) is 19.5. The molecule has 0 bridgehead atoms. The number of rotatable bonds is 8. The van der Waals surface area contributed by atoms with Crippen molar-refractivity contribution in [1.29, 1.82) is 0 Å². The van der Waals surface area contributed by atoms with Crippen molar-refractivity contribution in [2.45, 2.75) is 30.7 Å². The van der Waals surface area contributed by atoms with E-state index >= 15 is 0 Å². The van der Waals surface area contributed by atoms with E-state index in [0.29, 0.717) is 19.1 Å². The number of nitrogens with zero attached hydrogens (tertiary/aromatic N) is 1. The topological polar surface area (TPSA) is 83.6 Å². The number of nitrogens with one attached hydrogen (secondary N) is 1. The van der Waals surface area contributed by atoms with Gasteiger partial charge >= 0.3 is 0 Å². The zero-order valence-electron chi connectivity index (χ0n) is 16.0. The second-order valence-corrected chi connectivity index (χ2v) is 8.30. The molecule has 1 unspecified atom stereocenters. The van der Waals surface area contributed by atoms with Crippen molar-refractivity contribution in [3.8, 4) is 0 Å². The summed E-state index contributed by atoms with van der Waals surface area (Å²) in [5, 5.41) is 2.58. The number of carbonyl (C=O) groups is 2. The minimum atomic E-state index is -4.08. The van der Waals surface area contributed by atoms with Crippen LogP contribution in [0.4, 0.5) is 0 Å². The summed E-state index contributed by atoms with van der Waals surface area (Å²) in [5.74, 6) is -0.583. The van der Waals surface area contributed by atoms with Gasteiger partial charge in [0.1, 0.15) is 12.3 Å². The molecule has 0 radical (unpaired) electrons. The average molecular weight is 410 g/mol. The van der Waals surface area contributed by atoms with Gasteiger partial charge in [-0.15, -0.1) is 4.83 Å². The largest absolute Gasteiger partial charge is 0.301 e. The highest BCUT2D eigenvalue weighted by Gasteiger charge is 2.29. The first-order valence-corrected chi connectivity index (χ1v) is 10.8. The van der Waals surface area contributed by atoms with E-state index in [1.54, 1.807) is 42.5 Å². The Balaban J connectivity index is 1.98. The van der Waals surface area contributed by atoms with Gasteiger partial charge < -0.3 is 4.79 Å². The molecule has 1 N–H and O–H groups in total. The summed E-state index contributed by atoms with van der Waals surface area (Å²) in [6.07, 6.45) is 1.54. The van der Waals surface area contributed by atoms with Gasteiger partial charge in [0.05, 0.1) is 4.90 Å². The molecule has 3 rings (SSSR count). The molecular formula is C22H22N2O4S. The van der Waals surface area contributed by atoms with E-state index in [-0.39, 0.29) is 10.5 Å². The molecule has 0 heterocycles. The van der Waals surface area contributed by atoms with Crippen LogP contribution in [0.15, 0.2) is 77.7 Å². The first-order chi connectivity index (χ1) is 14.0. The third-order valence-electron chi connectivity index (χ3n) is 4.56. The molecule has 3 aromatic carbocycles. The van der Waals surface area contributed by atoms with Gasteiger partial charge in [-0.1, -0.05) is 61.9 Å². The van der Waals surface area contributed by atoms with Gasteiger partial charge in [0.25, 0.3) is 15.9 Å². The van der Waals surface area contributed by atoms with Gasteiger partial charge in [-0.25, -0.2) is 13.4 Å². The predicted octanol–water partition coefficient (Wildman–Crippen LogP) is 3.54. The van der Waals surface area contributed by atoms with E-state index in [1.807, 2.05) is 31.2 Å². The lowest BCUT2D eigenvalue weighted by Crippen LogP contribution is -2.52. The fourth-order valence-corrected chi connectivity index (χ4v) is 4.16. The highest BCUT2D eigenvalue weighted by molar-refractivity contribution is 7.89. The molecule has 1 amide bonds. The highest BCUT2D eigenvalue weighted by atomic mass is 32.2. The van der Waals surface area contributed by atoms with Gasteiger partial charge in [-0.05, 0) is 41.5 Å². The Kier molecular flexibility index (Phi) is 6.41. The van der Waals surface area contributed by atoms with Crippen molar-refractivity contribution in [2.75, 3.05) is 0 Å². The van der Waals surface area contributed by atoms with Crippen molar-refractivity contribution < 1.29 is 18.0 Å². The SMILES string of the molecule is CCCC(C=O)N(NS(=O)(=O)c1ccc2ccccc2c1)C(=O)c1ccccc1. The lowest BCUT2D eigenvalue weighted by Gasteiger charge is -2.28. The van der Waals surface area contributed by atoms with Gasteiger partial charge in [0.2, 0.25) is 0 Å². The second-order valence-electron chi connectivity index (χ2n) is 6.64. The normalized spacial score (nSPS) is 12.4. The molecule has 29 heavy (non-hydrogen) atoms. The molecule has 1 atom stereocenters. The van der Waals surface area contributed by atoms with Crippen molar-refractivity contribution in [1.82, 2.24) is 9.84 Å². The molecule has 3 aromatic rings. The van der Waals surface area contributed by atoms with Crippen molar-refractivity contribution >= 4 is 33.0 Å². The highest BCUT2D eigenvalue weighted by Crippen LogP contribution is 2.20. The second kappa shape index (κ2) is 8.98. The summed E-state index contributed by atoms with van der Waals surface area (Å²) < 4.78 is 26.1. The van der Waals surface area contributed by atoms with Gasteiger partial charge in [-0.2, -0.15) is 0 Å². The zero-order valence-corrected chi connectivity index (χ0v) is 16.8. The fourth-order valence-electron chi connectivity index (χ4n) is 3.05. The molecule has 0 aliphatic carbocycles. The summed E-state index contributed by atoms with van der Waals surface area (Å²) in [6.45, 7) is 1.86. The lowest BCUT2D eigenvalue weighted by atomic mass is 10.1. The molecule has 0 aliphatic heterocycles. The first-order valence-electron chi connectivity index (χ1n) is 9.31. The van der Waals surface area contributed by atoms with Crippen molar-refractivity contribution in [3.05, 3.63) is 78.4 Å². The third-order valence-corrected chi connectivity index (χ3v) is 5.87. The summed E-state index contributed by atoms with van der Waals surface area (Å²) in [4.78, 5) is 27.0. The van der Waals surface area contributed by atoms with Crippen LogP contribution in [-0.4, -0.2) is 31.7 Å². The number of sulfonamides is 1. The van der Waals surface area contributed by atoms with Crippen LogP contribution in [0, 0.1) is 0 Å². The lowest BCUT2D eigenvalue weighted by molar-refractivity contribution is -0.112. The molecule has 7 heteroatoms. The number of fused-ring (bicyclic) bond motifs is 1. The van der Waals surface area contributed by atoms with Crippen LogP contribution in [0.25, 0.3) is 10.8 Å². The van der Waals surface area contributed by atoms with E-state index in [9.17, 15) is 18.0 Å². The number of amides is 1. The Morgan fingerprint density at radius 1 is 1.00 bits per heavy atom. The predicted molar refractivity (Wildman–Crippen MR) is 112 cm³/mol. The van der Waals surface area contributed by atoms with Crippen LogP contribution in [0.1, 0.15) is 30.1 Å². The molecule has 0 saturated carbocycles. The van der Waals surface area contributed by atoms with Gasteiger partial charge in [-0.3, -0.25) is 4.79 Å². The minimum absolute atomic E-state index is 0.0169. The number of carbonyl (C=O) groups excluding carboxylic acids is 2. The number of aldehydes is 1. The molecule has 0 saturated heterocycles. The van der Waals surface area contributed by atoms with E-state index in [0.717, 1.165) is 15.8 Å². The van der Waals surface area contributed by atoms with Crippen molar-refractivity contribution in [2.24, 2.45) is 0 Å². The van der Waals surface area contributed by atoms with E-state index in [1.165, 1.54) is 6.07 Å². The van der Waals surface area contributed by atoms with Crippen LogP contribution >= 0.6 is 0 Å². The van der Waals surface area contributed by atoms with Crippen molar-refractivity contribution in [3.63, 3.8) is 0 Å². The molecule has 0 fully saturated rings. The maximum Gasteiger partial charge on any atom is 0.269 e. The maximum atomic E-state index is 13.0. The summed E-state index contributed by atoms with van der Waals surface area (Å²) >= 11 is 0. The monoisotopic (exact) mass is 410 g/mol. The van der Waals surface area contributed by atoms with Crippen LogP contribution in [0.2, 0.25) is 0 Å². The smallest absolute Gasteiger partial charge is 0.269 e. The number of benzene rings is 3. The fraction of sp³-hybridized carbons (Fsp3) is 0.182. The number of hydrogen-bond donors (Lipinski definition) is 1. The quantitative estimate of drug-likeness (QED) is 0.455. The van der Waals surface area contributed by atoms with Crippen LogP contribution in [0.5, 0.6) is 0 Å². The van der Waals surface area contributed by atoms with Crippen LogP contribution in [0.3, 0.4) is 0 Å². The third kappa shape index (κ3) is 4.70. The van der Waals surface area contributed by atoms with Crippen LogP contribution in [-0.2, 0) is 14.8 Å². The van der Waals surface area contributed by atoms with E-state index in [4.69, 9.17) is 0 Å². The van der Waals surface area contributed by atoms with Crippen LogP contribution < -0.4 is 4.83 Å². The first kappa shape index (κ1) is 20.7.